The highest BCUT2D eigenvalue weighted by Gasteiger charge is 2.28. The first-order chi connectivity index (χ1) is 9.57. The fourth-order valence-electron chi connectivity index (χ4n) is 2.24. The molecule has 114 valence electrons. The molecule has 0 aliphatic carbocycles. The van der Waals surface area contributed by atoms with E-state index in [9.17, 15) is 0 Å². The van der Waals surface area contributed by atoms with Gasteiger partial charge in [0.05, 0.1) is 13.7 Å². The first-order valence-electron chi connectivity index (χ1n) is 7.18. The number of rotatable bonds is 9. The summed E-state index contributed by atoms with van der Waals surface area (Å²) >= 11 is 0. The Morgan fingerprint density at radius 3 is 2.60 bits per heavy atom. The lowest BCUT2D eigenvalue weighted by Crippen LogP contribution is -2.52. The highest BCUT2D eigenvalue weighted by molar-refractivity contribution is 5.34. The smallest absolute Gasteiger partial charge is 0.122 e. The average molecular weight is 280 g/mol. The van der Waals surface area contributed by atoms with Crippen LogP contribution in [0.2, 0.25) is 0 Å². The molecular formula is C16H28N2O2. The van der Waals surface area contributed by atoms with Crippen molar-refractivity contribution in [1.82, 2.24) is 4.90 Å². The summed E-state index contributed by atoms with van der Waals surface area (Å²) in [7, 11) is 3.80. The van der Waals surface area contributed by atoms with Crippen molar-refractivity contribution in [3.05, 3.63) is 29.8 Å². The molecule has 1 aromatic rings. The van der Waals surface area contributed by atoms with Crippen LogP contribution in [0.25, 0.3) is 0 Å². The third kappa shape index (κ3) is 4.47. The van der Waals surface area contributed by atoms with E-state index in [1.165, 1.54) is 5.56 Å². The lowest BCUT2D eigenvalue weighted by molar-refractivity contribution is 0.0757. The predicted molar refractivity (Wildman–Crippen MR) is 83.3 cm³/mol. The van der Waals surface area contributed by atoms with Gasteiger partial charge in [0.15, 0.2) is 0 Å². The zero-order valence-electron chi connectivity index (χ0n) is 13.2. The molecule has 0 bridgehead atoms. The molecule has 0 aliphatic heterocycles. The van der Waals surface area contributed by atoms with E-state index in [-0.39, 0.29) is 5.54 Å². The highest BCUT2D eigenvalue weighted by Crippen LogP contribution is 2.25. The minimum absolute atomic E-state index is 0.105. The highest BCUT2D eigenvalue weighted by atomic mass is 16.5. The number of hydrogen-bond acceptors (Lipinski definition) is 4. The summed E-state index contributed by atoms with van der Waals surface area (Å²) in [5.74, 6) is 0.922. The van der Waals surface area contributed by atoms with E-state index in [0.29, 0.717) is 6.54 Å². The van der Waals surface area contributed by atoms with E-state index in [4.69, 9.17) is 15.2 Å². The first-order valence-corrected chi connectivity index (χ1v) is 7.18. The number of methoxy groups -OCH3 is 1. The maximum absolute atomic E-state index is 6.03. The Kier molecular flexibility index (Phi) is 6.99. The largest absolute Gasteiger partial charge is 0.496 e. The van der Waals surface area contributed by atoms with Gasteiger partial charge in [-0.3, -0.25) is 4.90 Å². The fourth-order valence-corrected chi connectivity index (χ4v) is 2.24. The standard InChI is InChI=1S/C16H28N2O2/c1-5-20-11-10-18(3)16(2,13-17)12-14-8-6-7-9-15(14)19-4/h6-9H,5,10-13,17H2,1-4H3. The Hall–Kier alpha value is -1.10. The Morgan fingerprint density at radius 1 is 1.30 bits per heavy atom. The molecule has 4 nitrogen and oxygen atoms in total. The minimum Gasteiger partial charge on any atom is -0.496 e. The number of hydrogen-bond donors (Lipinski definition) is 1. The van der Waals surface area contributed by atoms with Crippen LogP contribution >= 0.6 is 0 Å². The van der Waals surface area contributed by atoms with Gasteiger partial charge in [0.1, 0.15) is 5.75 Å². The number of benzene rings is 1. The van der Waals surface area contributed by atoms with E-state index in [0.717, 1.165) is 31.9 Å². The lowest BCUT2D eigenvalue weighted by atomic mass is 9.90. The Labute approximate surface area is 122 Å². The Bertz CT molecular complexity index is 398. The maximum atomic E-state index is 6.03. The molecule has 0 saturated heterocycles. The molecule has 0 fully saturated rings. The van der Waals surface area contributed by atoms with E-state index < -0.39 is 0 Å². The van der Waals surface area contributed by atoms with Crippen molar-refractivity contribution < 1.29 is 9.47 Å². The Morgan fingerprint density at radius 2 is 2.00 bits per heavy atom. The van der Waals surface area contributed by atoms with Crippen molar-refractivity contribution in [2.45, 2.75) is 25.8 Å². The predicted octanol–water partition coefficient (Wildman–Crippen LogP) is 1.92. The zero-order chi connectivity index (χ0) is 15.0. The summed E-state index contributed by atoms with van der Waals surface area (Å²) in [5.41, 5.74) is 7.11. The lowest BCUT2D eigenvalue weighted by Gasteiger charge is -2.38. The topological polar surface area (TPSA) is 47.7 Å². The number of para-hydroxylation sites is 1. The average Bonchev–Trinajstić information content (AvgIpc) is 2.47. The second-order valence-corrected chi connectivity index (χ2v) is 5.31. The van der Waals surface area contributed by atoms with Crippen LogP contribution in [0.1, 0.15) is 19.4 Å². The van der Waals surface area contributed by atoms with Gasteiger partial charge in [0.2, 0.25) is 0 Å². The summed E-state index contributed by atoms with van der Waals surface area (Å²) in [5, 5.41) is 0. The van der Waals surface area contributed by atoms with E-state index in [1.54, 1.807) is 7.11 Å². The van der Waals surface area contributed by atoms with Crippen molar-refractivity contribution in [1.29, 1.82) is 0 Å². The van der Waals surface area contributed by atoms with Crippen LogP contribution < -0.4 is 10.5 Å². The fraction of sp³-hybridized carbons (Fsp3) is 0.625. The van der Waals surface area contributed by atoms with Crippen LogP contribution in [0.15, 0.2) is 24.3 Å². The van der Waals surface area contributed by atoms with Gasteiger partial charge >= 0.3 is 0 Å². The van der Waals surface area contributed by atoms with Gasteiger partial charge in [-0.15, -0.1) is 0 Å². The molecule has 0 spiro atoms. The molecule has 1 atom stereocenters. The summed E-state index contributed by atoms with van der Waals surface area (Å²) in [6, 6.07) is 8.12. The number of nitrogens with zero attached hydrogens (tertiary/aromatic N) is 1. The van der Waals surface area contributed by atoms with Gasteiger partial charge < -0.3 is 15.2 Å². The third-order valence-electron chi connectivity index (χ3n) is 3.90. The van der Waals surface area contributed by atoms with Crippen LogP contribution in [-0.4, -0.2) is 50.9 Å². The van der Waals surface area contributed by atoms with Crippen LogP contribution in [-0.2, 0) is 11.2 Å². The van der Waals surface area contributed by atoms with Gasteiger partial charge in [0.25, 0.3) is 0 Å². The summed E-state index contributed by atoms with van der Waals surface area (Å²) in [6.07, 6.45) is 0.857. The van der Waals surface area contributed by atoms with Crippen molar-refractivity contribution in [2.24, 2.45) is 5.73 Å². The molecule has 0 radical (unpaired) electrons. The summed E-state index contributed by atoms with van der Waals surface area (Å²) in [4.78, 5) is 2.27. The Balaban J connectivity index is 2.77. The molecule has 0 heterocycles. The van der Waals surface area contributed by atoms with E-state index in [1.807, 2.05) is 25.1 Å². The van der Waals surface area contributed by atoms with Crippen LogP contribution in [0.3, 0.4) is 0 Å². The molecule has 0 amide bonds. The molecule has 0 saturated carbocycles. The summed E-state index contributed by atoms with van der Waals surface area (Å²) < 4.78 is 10.9. The van der Waals surface area contributed by atoms with Crippen LogP contribution in [0, 0.1) is 0 Å². The molecule has 4 heteroatoms. The zero-order valence-corrected chi connectivity index (χ0v) is 13.2. The monoisotopic (exact) mass is 280 g/mol. The van der Waals surface area contributed by atoms with E-state index in [2.05, 4.69) is 24.9 Å². The molecule has 20 heavy (non-hydrogen) atoms. The van der Waals surface area contributed by atoms with Crippen molar-refractivity contribution >= 4 is 0 Å². The van der Waals surface area contributed by atoms with Gasteiger partial charge in [-0.2, -0.15) is 0 Å². The molecule has 1 rings (SSSR count). The van der Waals surface area contributed by atoms with Crippen LogP contribution in [0.4, 0.5) is 0 Å². The normalized spacial score (nSPS) is 14.3. The maximum Gasteiger partial charge on any atom is 0.122 e. The van der Waals surface area contributed by atoms with Crippen molar-refractivity contribution in [2.75, 3.05) is 40.5 Å². The van der Waals surface area contributed by atoms with Gasteiger partial charge in [-0.1, -0.05) is 18.2 Å². The van der Waals surface area contributed by atoms with Crippen molar-refractivity contribution in [3.63, 3.8) is 0 Å². The number of likely N-dealkylation sites (N-methyl/N-ethyl adjacent to an activating group) is 1. The summed E-state index contributed by atoms with van der Waals surface area (Å²) in [6.45, 7) is 7.14. The molecule has 1 aromatic carbocycles. The van der Waals surface area contributed by atoms with Gasteiger partial charge in [-0.25, -0.2) is 0 Å². The first kappa shape index (κ1) is 17.0. The second kappa shape index (κ2) is 8.25. The molecule has 1 unspecified atom stereocenters. The van der Waals surface area contributed by atoms with Crippen LogP contribution in [0.5, 0.6) is 5.75 Å². The third-order valence-corrected chi connectivity index (χ3v) is 3.90. The molecule has 0 aliphatic rings. The van der Waals surface area contributed by atoms with E-state index >= 15 is 0 Å². The second-order valence-electron chi connectivity index (χ2n) is 5.31. The van der Waals surface area contributed by atoms with Crippen molar-refractivity contribution in [3.8, 4) is 5.75 Å². The molecular weight excluding hydrogens is 252 g/mol. The quantitative estimate of drug-likeness (QED) is 0.702. The number of ether oxygens (including phenoxy) is 2. The molecule has 0 aromatic heterocycles. The number of nitrogens with two attached hydrogens (primary N) is 1. The van der Waals surface area contributed by atoms with Gasteiger partial charge in [0, 0.05) is 25.2 Å². The van der Waals surface area contributed by atoms with Gasteiger partial charge in [-0.05, 0) is 38.9 Å². The molecule has 2 N–H and O–H groups in total. The SMILES string of the molecule is CCOCCN(C)C(C)(CN)Cc1ccccc1OC. The minimum atomic E-state index is -0.105.